The third-order valence-electron chi connectivity index (χ3n) is 4.11. The first-order valence-electron chi connectivity index (χ1n) is 7.58. The number of nitrogens with one attached hydrogen (secondary N) is 1. The fourth-order valence-corrected chi connectivity index (χ4v) is 3.26. The third-order valence-corrected chi connectivity index (χ3v) is 4.88. The molecule has 4 rings (SSSR count). The molecule has 0 radical (unpaired) electrons. The van der Waals surface area contributed by atoms with Crippen LogP contribution in [0.3, 0.4) is 0 Å². The first-order valence-corrected chi connectivity index (χ1v) is 8.66. The van der Waals surface area contributed by atoms with Gasteiger partial charge < -0.3 is 14.2 Å². The Balaban J connectivity index is 1.44. The number of epoxide rings is 1. The molecule has 0 unspecified atom stereocenters. The number of ether oxygens (including phenoxy) is 3. The van der Waals surface area contributed by atoms with Gasteiger partial charge in [0.15, 0.2) is 6.23 Å². The highest BCUT2D eigenvalue weighted by molar-refractivity contribution is 14.1. The van der Waals surface area contributed by atoms with Gasteiger partial charge in [-0.05, 0) is 34.7 Å². The quantitative estimate of drug-likeness (QED) is 0.412. The zero-order valence-corrected chi connectivity index (χ0v) is 14.9. The molecular formula is C16H13IN2O6. The monoisotopic (exact) mass is 456 g/mol. The van der Waals surface area contributed by atoms with Crippen molar-refractivity contribution >= 4 is 28.6 Å². The van der Waals surface area contributed by atoms with Gasteiger partial charge in [-0.3, -0.25) is 14.3 Å². The number of carbonyl (C=O) groups is 1. The van der Waals surface area contributed by atoms with E-state index in [0.29, 0.717) is 9.13 Å². The minimum Gasteiger partial charge on any atom is -0.459 e. The maximum Gasteiger partial charge on any atom is 0.338 e. The van der Waals surface area contributed by atoms with E-state index in [1.807, 2.05) is 28.7 Å². The molecule has 0 spiro atoms. The van der Waals surface area contributed by atoms with Gasteiger partial charge in [-0.15, -0.1) is 0 Å². The van der Waals surface area contributed by atoms with Crippen LogP contribution in [0, 0.1) is 3.57 Å². The first kappa shape index (κ1) is 16.5. The van der Waals surface area contributed by atoms with E-state index >= 15 is 0 Å². The standard InChI is InChI=1S/C16H13IN2O6/c17-9-6-19(16(22)18-13(9)20)14-12-11(25-12)10(24-14)7-23-15(21)8-4-2-1-3-5-8/h1-6,10-12,14H,7H2,(H,18,20,22)/t10-,11+,12+,14-/m1/s1. The van der Waals surface area contributed by atoms with Crippen molar-refractivity contribution in [2.45, 2.75) is 24.5 Å². The Hall–Kier alpha value is -1.98. The molecular weight excluding hydrogens is 443 g/mol. The fraction of sp³-hybridized carbons (Fsp3) is 0.312. The van der Waals surface area contributed by atoms with Gasteiger partial charge in [0, 0.05) is 6.20 Å². The van der Waals surface area contributed by atoms with E-state index in [1.54, 1.807) is 24.3 Å². The molecule has 1 aromatic carbocycles. The molecule has 2 saturated heterocycles. The summed E-state index contributed by atoms with van der Waals surface area (Å²) in [5.41, 5.74) is -0.551. The molecule has 8 nitrogen and oxygen atoms in total. The van der Waals surface area contributed by atoms with E-state index in [9.17, 15) is 14.4 Å². The van der Waals surface area contributed by atoms with Crippen LogP contribution in [0.2, 0.25) is 0 Å². The minimum absolute atomic E-state index is 0.0284. The highest BCUT2D eigenvalue weighted by Gasteiger charge is 2.59. The smallest absolute Gasteiger partial charge is 0.338 e. The number of esters is 1. The van der Waals surface area contributed by atoms with Gasteiger partial charge in [-0.25, -0.2) is 9.59 Å². The largest absolute Gasteiger partial charge is 0.459 e. The summed E-state index contributed by atoms with van der Waals surface area (Å²) in [6.45, 7) is 0.0284. The molecule has 130 valence electrons. The predicted octanol–water partition coefficient (Wildman–Crippen LogP) is 0.663. The van der Waals surface area contributed by atoms with Gasteiger partial charge in [0.05, 0.1) is 9.13 Å². The van der Waals surface area contributed by atoms with Crippen molar-refractivity contribution in [3.05, 3.63) is 66.5 Å². The molecule has 2 fully saturated rings. The molecule has 25 heavy (non-hydrogen) atoms. The van der Waals surface area contributed by atoms with Crippen LogP contribution in [0.1, 0.15) is 16.6 Å². The number of carbonyl (C=O) groups excluding carboxylic acids is 1. The summed E-state index contributed by atoms with van der Waals surface area (Å²) < 4.78 is 18.3. The predicted molar refractivity (Wildman–Crippen MR) is 93.3 cm³/mol. The summed E-state index contributed by atoms with van der Waals surface area (Å²) in [6, 6.07) is 8.65. The van der Waals surface area contributed by atoms with Crippen LogP contribution in [0.25, 0.3) is 0 Å². The lowest BCUT2D eigenvalue weighted by Crippen LogP contribution is -2.36. The van der Waals surface area contributed by atoms with Gasteiger partial charge in [-0.2, -0.15) is 0 Å². The summed E-state index contributed by atoms with van der Waals surface area (Å²) in [5, 5.41) is 0. The van der Waals surface area contributed by atoms with Crippen molar-refractivity contribution < 1.29 is 19.0 Å². The van der Waals surface area contributed by atoms with Gasteiger partial charge in [0.2, 0.25) is 0 Å². The van der Waals surface area contributed by atoms with Crippen LogP contribution in [0.4, 0.5) is 0 Å². The van der Waals surface area contributed by atoms with E-state index in [2.05, 4.69) is 4.98 Å². The summed E-state index contributed by atoms with van der Waals surface area (Å²) in [7, 11) is 0. The number of nitrogens with zero attached hydrogens (tertiary/aromatic N) is 1. The highest BCUT2D eigenvalue weighted by Crippen LogP contribution is 2.44. The van der Waals surface area contributed by atoms with Gasteiger partial charge in [0.25, 0.3) is 5.56 Å². The Morgan fingerprint density at radius 3 is 2.72 bits per heavy atom. The lowest BCUT2D eigenvalue weighted by atomic mass is 10.2. The van der Waals surface area contributed by atoms with E-state index in [-0.39, 0.29) is 18.8 Å². The molecule has 3 heterocycles. The van der Waals surface area contributed by atoms with Crippen molar-refractivity contribution in [1.82, 2.24) is 9.55 Å². The molecule has 2 aromatic rings. The molecule has 0 amide bonds. The number of aromatic nitrogens is 2. The maximum atomic E-state index is 12.0. The number of H-pyrrole nitrogens is 1. The minimum atomic E-state index is -0.650. The van der Waals surface area contributed by atoms with Crippen molar-refractivity contribution in [1.29, 1.82) is 0 Å². The van der Waals surface area contributed by atoms with Crippen LogP contribution < -0.4 is 11.2 Å². The number of benzene rings is 1. The Bertz CT molecular complexity index is 924. The topological polar surface area (TPSA) is 103 Å². The number of halogens is 1. The van der Waals surface area contributed by atoms with Gasteiger partial charge in [0.1, 0.15) is 24.9 Å². The maximum absolute atomic E-state index is 12.0. The highest BCUT2D eigenvalue weighted by atomic mass is 127. The average molecular weight is 456 g/mol. The van der Waals surface area contributed by atoms with Crippen LogP contribution >= 0.6 is 22.6 Å². The second-order valence-electron chi connectivity index (χ2n) is 5.74. The van der Waals surface area contributed by atoms with Crippen LogP contribution in [-0.2, 0) is 14.2 Å². The summed E-state index contributed by atoms with van der Waals surface area (Å²) in [5.74, 6) is -0.444. The normalized spacial score (nSPS) is 26.9. The van der Waals surface area contributed by atoms with E-state index in [1.165, 1.54) is 10.8 Å². The summed E-state index contributed by atoms with van der Waals surface area (Å²) >= 11 is 1.84. The third kappa shape index (κ3) is 3.14. The molecule has 9 heteroatoms. The molecule has 0 aliphatic carbocycles. The lowest BCUT2D eigenvalue weighted by molar-refractivity contribution is -0.0888. The van der Waals surface area contributed by atoms with Gasteiger partial charge in [-0.1, -0.05) is 18.2 Å². The van der Waals surface area contributed by atoms with E-state index in [0.717, 1.165) is 0 Å². The van der Waals surface area contributed by atoms with Crippen LogP contribution in [-0.4, -0.2) is 40.4 Å². The summed E-state index contributed by atoms with van der Waals surface area (Å²) in [6.07, 6.45) is -0.198. The van der Waals surface area contributed by atoms with Gasteiger partial charge >= 0.3 is 11.7 Å². The summed E-state index contributed by atoms with van der Waals surface area (Å²) in [4.78, 5) is 37.7. The molecule has 1 N–H and O–H groups in total. The van der Waals surface area contributed by atoms with Crippen molar-refractivity contribution in [3.8, 4) is 0 Å². The van der Waals surface area contributed by atoms with E-state index < -0.39 is 29.6 Å². The Morgan fingerprint density at radius 1 is 1.20 bits per heavy atom. The zero-order chi connectivity index (χ0) is 17.6. The van der Waals surface area contributed by atoms with Crippen LogP contribution in [0.15, 0.2) is 46.1 Å². The molecule has 2 aliphatic rings. The molecule has 2 aliphatic heterocycles. The van der Waals surface area contributed by atoms with Crippen molar-refractivity contribution in [2.24, 2.45) is 0 Å². The number of hydrogen-bond acceptors (Lipinski definition) is 6. The van der Waals surface area contributed by atoms with Crippen molar-refractivity contribution in [2.75, 3.05) is 6.61 Å². The first-order chi connectivity index (χ1) is 12.0. The zero-order valence-electron chi connectivity index (χ0n) is 12.8. The lowest BCUT2D eigenvalue weighted by Gasteiger charge is -2.19. The van der Waals surface area contributed by atoms with Crippen molar-refractivity contribution in [3.63, 3.8) is 0 Å². The molecule has 0 saturated carbocycles. The molecule has 1 aromatic heterocycles. The second-order valence-corrected chi connectivity index (χ2v) is 6.90. The number of hydrogen-bond donors (Lipinski definition) is 1. The Labute approximate surface area is 154 Å². The van der Waals surface area contributed by atoms with E-state index in [4.69, 9.17) is 14.2 Å². The number of fused-ring (bicyclic) bond motifs is 1. The Morgan fingerprint density at radius 2 is 1.96 bits per heavy atom. The fourth-order valence-electron chi connectivity index (χ4n) is 2.82. The average Bonchev–Trinajstić information content (AvgIpc) is 3.33. The second kappa shape index (κ2) is 6.39. The van der Waals surface area contributed by atoms with Crippen LogP contribution in [0.5, 0.6) is 0 Å². The number of aromatic amines is 1. The SMILES string of the molecule is O=C(OC[C@H]1O[C@@H](n2cc(I)c(=O)[nH]c2=O)[C@H]2O[C@H]21)c1ccccc1. The molecule has 0 bridgehead atoms. The Kier molecular flexibility index (Phi) is 4.21. The molecule has 4 atom stereocenters. The number of rotatable bonds is 4.